The molecular weight excluding hydrogens is 190 g/mol. The van der Waals surface area contributed by atoms with Crippen molar-refractivity contribution in [3.8, 4) is 11.3 Å². The molecule has 1 atom stereocenters. The van der Waals surface area contributed by atoms with Gasteiger partial charge in [0.05, 0.1) is 0 Å². The standard InChI is InChI=1S/C12H13NO2/c1-2-11(14)12-8-10(13-15-12)9-6-4-3-5-7-9/h3-8,11,14H,2H2,1H3. The first kappa shape index (κ1) is 9.93. The molecule has 2 aromatic rings. The molecule has 0 saturated heterocycles. The predicted octanol–water partition coefficient (Wildman–Crippen LogP) is 2.79. The highest BCUT2D eigenvalue weighted by atomic mass is 16.5. The monoisotopic (exact) mass is 203 g/mol. The first-order valence-electron chi connectivity index (χ1n) is 5.01. The first-order valence-corrected chi connectivity index (χ1v) is 5.01. The van der Waals surface area contributed by atoms with E-state index in [0.717, 1.165) is 11.3 Å². The lowest BCUT2D eigenvalue weighted by molar-refractivity contribution is 0.136. The van der Waals surface area contributed by atoms with E-state index in [-0.39, 0.29) is 0 Å². The fourth-order valence-corrected chi connectivity index (χ4v) is 1.39. The number of hydrogen-bond acceptors (Lipinski definition) is 3. The van der Waals surface area contributed by atoms with Crippen molar-refractivity contribution in [1.29, 1.82) is 0 Å². The average molecular weight is 203 g/mol. The van der Waals surface area contributed by atoms with E-state index in [1.54, 1.807) is 6.07 Å². The summed E-state index contributed by atoms with van der Waals surface area (Å²) in [7, 11) is 0. The summed E-state index contributed by atoms with van der Waals surface area (Å²) >= 11 is 0. The van der Waals surface area contributed by atoms with Gasteiger partial charge in [0.2, 0.25) is 0 Å². The third-order valence-electron chi connectivity index (χ3n) is 2.31. The molecule has 0 aliphatic rings. The van der Waals surface area contributed by atoms with Gasteiger partial charge >= 0.3 is 0 Å². The van der Waals surface area contributed by atoms with Gasteiger partial charge in [0.15, 0.2) is 5.76 Å². The molecular formula is C12H13NO2. The van der Waals surface area contributed by atoms with Crippen LogP contribution in [0.15, 0.2) is 40.9 Å². The zero-order valence-corrected chi connectivity index (χ0v) is 8.55. The van der Waals surface area contributed by atoms with Gasteiger partial charge in [-0.05, 0) is 6.42 Å². The second-order valence-electron chi connectivity index (χ2n) is 3.40. The summed E-state index contributed by atoms with van der Waals surface area (Å²) in [5, 5.41) is 13.5. The zero-order valence-electron chi connectivity index (χ0n) is 8.55. The van der Waals surface area contributed by atoms with Crippen LogP contribution < -0.4 is 0 Å². The summed E-state index contributed by atoms with van der Waals surface area (Å²) in [5.41, 5.74) is 1.76. The maximum atomic E-state index is 9.56. The van der Waals surface area contributed by atoms with Crippen LogP contribution in [0.5, 0.6) is 0 Å². The summed E-state index contributed by atoms with van der Waals surface area (Å²) in [4.78, 5) is 0. The van der Waals surface area contributed by atoms with E-state index in [9.17, 15) is 5.11 Å². The molecule has 0 fully saturated rings. The SMILES string of the molecule is CCC(O)c1cc(-c2ccccc2)no1. The minimum Gasteiger partial charge on any atom is -0.385 e. The van der Waals surface area contributed by atoms with Crippen LogP contribution in [0.2, 0.25) is 0 Å². The highest BCUT2D eigenvalue weighted by Crippen LogP contribution is 2.23. The average Bonchev–Trinajstić information content (AvgIpc) is 2.78. The van der Waals surface area contributed by atoms with Crippen molar-refractivity contribution in [3.63, 3.8) is 0 Å². The molecule has 0 bridgehead atoms. The lowest BCUT2D eigenvalue weighted by Gasteiger charge is -1.99. The number of aliphatic hydroxyl groups excluding tert-OH is 1. The molecule has 0 amide bonds. The molecule has 1 aromatic carbocycles. The third-order valence-corrected chi connectivity index (χ3v) is 2.31. The second-order valence-corrected chi connectivity index (χ2v) is 3.40. The predicted molar refractivity (Wildman–Crippen MR) is 57.2 cm³/mol. The van der Waals surface area contributed by atoms with E-state index in [4.69, 9.17) is 4.52 Å². The molecule has 0 radical (unpaired) electrons. The number of rotatable bonds is 3. The molecule has 1 heterocycles. The Balaban J connectivity index is 2.28. The van der Waals surface area contributed by atoms with Crippen LogP contribution in [0.25, 0.3) is 11.3 Å². The van der Waals surface area contributed by atoms with Gasteiger partial charge in [-0.25, -0.2) is 0 Å². The molecule has 3 heteroatoms. The van der Waals surface area contributed by atoms with E-state index in [0.29, 0.717) is 12.2 Å². The molecule has 1 aromatic heterocycles. The molecule has 78 valence electrons. The Kier molecular flexibility index (Phi) is 2.83. The van der Waals surface area contributed by atoms with Crippen LogP contribution >= 0.6 is 0 Å². The maximum Gasteiger partial charge on any atom is 0.165 e. The van der Waals surface area contributed by atoms with Crippen LogP contribution in [0.1, 0.15) is 25.2 Å². The Bertz CT molecular complexity index is 422. The number of nitrogens with zero attached hydrogens (tertiary/aromatic N) is 1. The Morgan fingerprint density at radius 3 is 2.73 bits per heavy atom. The first-order chi connectivity index (χ1) is 7.31. The van der Waals surface area contributed by atoms with Gasteiger partial charge in [-0.15, -0.1) is 0 Å². The van der Waals surface area contributed by atoms with E-state index >= 15 is 0 Å². The van der Waals surface area contributed by atoms with Crippen molar-refractivity contribution in [1.82, 2.24) is 5.16 Å². The lowest BCUT2D eigenvalue weighted by Crippen LogP contribution is -1.91. The highest BCUT2D eigenvalue weighted by molar-refractivity contribution is 5.58. The van der Waals surface area contributed by atoms with Gasteiger partial charge in [0.1, 0.15) is 11.8 Å². The highest BCUT2D eigenvalue weighted by Gasteiger charge is 2.12. The molecule has 1 unspecified atom stereocenters. The quantitative estimate of drug-likeness (QED) is 0.834. The number of aliphatic hydroxyl groups is 1. The Labute approximate surface area is 88.3 Å². The van der Waals surface area contributed by atoms with Crippen molar-refractivity contribution in [2.24, 2.45) is 0 Å². The minimum absolute atomic E-state index is 0.524. The van der Waals surface area contributed by atoms with Crippen LogP contribution in [-0.4, -0.2) is 10.3 Å². The molecule has 0 aliphatic carbocycles. The molecule has 3 nitrogen and oxygen atoms in total. The number of aromatic nitrogens is 1. The summed E-state index contributed by atoms with van der Waals surface area (Å²) in [6.45, 7) is 1.90. The largest absolute Gasteiger partial charge is 0.385 e. The molecule has 0 spiro atoms. The summed E-state index contributed by atoms with van der Waals surface area (Å²) in [5.74, 6) is 0.524. The van der Waals surface area contributed by atoms with Gasteiger partial charge in [0, 0.05) is 11.6 Å². The van der Waals surface area contributed by atoms with Crippen molar-refractivity contribution in [2.45, 2.75) is 19.4 Å². The smallest absolute Gasteiger partial charge is 0.165 e. The number of benzene rings is 1. The van der Waals surface area contributed by atoms with Crippen LogP contribution in [-0.2, 0) is 0 Å². The molecule has 15 heavy (non-hydrogen) atoms. The Morgan fingerprint density at radius 2 is 2.07 bits per heavy atom. The summed E-state index contributed by atoms with van der Waals surface area (Å²) in [6.07, 6.45) is 0.0682. The van der Waals surface area contributed by atoms with Crippen molar-refractivity contribution in [3.05, 3.63) is 42.2 Å². The molecule has 0 aliphatic heterocycles. The van der Waals surface area contributed by atoms with E-state index in [1.807, 2.05) is 37.3 Å². The van der Waals surface area contributed by atoms with Gasteiger partial charge in [0.25, 0.3) is 0 Å². The Hall–Kier alpha value is -1.61. The van der Waals surface area contributed by atoms with Crippen molar-refractivity contribution in [2.75, 3.05) is 0 Å². The van der Waals surface area contributed by atoms with Crippen molar-refractivity contribution < 1.29 is 9.63 Å². The van der Waals surface area contributed by atoms with Crippen LogP contribution in [0, 0.1) is 0 Å². The van der Waals surface area contributed by atoms with Crippen LogP contribution in [0.3, 0.4) is 0 Å². The minimum atomic E-state index is -0.560. The molecule has 2 rings (SSSR count). The molecule has 1 N–H and O–H groups in total. The van der Waals surface area contributed by atoms with Gasteiger partial charge in [-0.1, -0.05) is 42.4 Å². The second kappa shape index (κ2) is 4.28. The third kappa shape index (κ3) is 2.07. The van der Waals surface area contributed by atoms with Crippen molar-refractivity contribution >= 4 is 0 Å². The van der Waals surface area contributed by atoms with Gasteiger partial charge < -0.3 is 9.63 Å². The zero-order chi connectivity index (χ0) is 10.7. The topological polar surface area (TPSA) is 46.3 Å². The van der Waals surface area contributed by atoms with Gasteiger partial charge in [-0.2, -0.15) is 0 Å². The Morgan fingerprint density at radius 1 is 1.33 bits per heavy atom. The van der Waals surface area contributed by atoms with E-state index in [2.05, 4.69) is 5.16 Å². The van der Waals surface area contributed by atoms with E-state index < -0.39 is 6.10 Å². The number of hydrogen-bond donors (Lipinski definition) is 1. The lowest BCUT2D eigenvalue weighted by atomic mass is 10.1. The normalized spacial score (nSPS) is 12.7. The summed E-state index contributed by atoms with van der Waals surface area (Å²) < 4.78 is 5.07. The fraction of sp³-hybridized carbons (Fsp3) is 0.250. The maximum absolute atomic E-state index is 9.56. The van der Waals surface area contributed by atoms with E-state index in [1.165, 1.54) is 0 Å². The molecule has 0 saturated carbocycles. The van der Waals surface area contributed by atoms with Crippen LogP contribution in [0.4, 0.5) is 0 Å². The summed E-state index contributed by atoms with van der Waals surface area (Å²) in [6, 6.07) is 11.5. The fourth-order valence-electron chi connectivity index (χ4n) is 1.39. The van der Waals surface area contributed by atoms with Gasteiger partial charge in [-0.3, -0.25) is 0 Å².